The molecular formula is C16H21NO4. The number of nitrogens with zero attached hydrogens (tertiary/aromatic N) is 1. The molecule has 1 saturated carbocycles. The van der Waals surface area contributed by atoms with Gasteiger partial charge in [-0.2, -0.15) is 0 Å². The maximum absolute atomic E-state index is 12.4. The topological polar surface area (TPSA) is 66.8 Å². The molecule has 0 saturated heterocycles. The molecule has 0 aliphatic heterocycles. The molecule has 1 N–H and O–H groups in total. The van der Waals surface area contributed by atoms with Crippen molar-refractivity contribution in [1.82, 2.24) is 4.90 Å². The van der Waals surface area contributed by atoms with Gasteiger partial charge in [-0.1, -0.05) is 18.2 Å². The molecule has 1 aromatic rings. The zero-order valence-corrected chi connectivity index (χ0v) is 12.4. The summed E-state index contributed by atoms with van der Waals surface area (Å²) in [6.45, 7) is 0.469. The quantitative estimate of drug-likeness (QED) is 0.902. The molecule has 1 aromatic carbocycles. The van der Waals surface area contributed by atoms with E-state index < -0.39 is 5.97 Å². The summed E-state index contributed by atoms with van der Waals surface area (Å²) in [6, 6.07) is 7.59. The minimum Gasteiger partial charge on any atom is -0.496 e. The lowest BCUT2D eigenvalue weighted by atomic mass is 10.0. The van der Waals surface area contributed by atoms with Crippen molar-refractivity contribution >= 4 is 11.9 Å². The second-order valence-corrected chi connectivity index (χ2v) is 5.55. The number of amides is 1. The maximum atomic E-state index is 12.4. The molecule has 2 atom stereocenters. The summed E-state index contributed by atoms with van der Waals surface area (Å²) < 4.78 is 5.28. The average Bonchev–Trinajstić information content (AvgIpc) is 2.97. The molecule has 0 heterocycles. The number of carboxylic acid groups (broad SMARTS) is 1. The van der Waals surface area contributed by atoms with Crippen LogP contribution in [0.15, 0.2) is 24.3 Å². The summed E-state index contributed by atoms with van der Waals surface area (Å²) >= 11 is 0. The van der Waals surface area contributed by atoms with Crippen LogP contribution in [0.3, 0.4) is 0 Å². The number of ether oxygens (including phenoxy) is 1. The smallest absolute Gasteiger partial charge is 0.306 e. The molecule has 114 valence electrons. The fourth-order valence-electron chi connectivity index (χ4n) is 2.91. The van der Waals surface area contributed by atoms with Gasteiger partial charge < -0.3 is 14.7 Å². The van der Waals surface area contributed by atoms with Crippen molar-refractivity contribution in [1.29, 1.82) is 0 Å². The van der Waals surface area contributed by atoms with Crippen LogP contribution in [0.1, 0.15) is 24.8 Å². The number of aliphatic carboxylic acids is 1. The first-order chi connectivity index (χ1) is 10.0. The van der Waals surface area contributed by atoms with Gasteiger partial charge in [0.1, 0.15) is 5.75 Å². The van der Waals surface area contributed by atoms with Gasteiger partial charge in [0.05, 0.1) is 13.0 Å². The molecule has 0 radical (unpaired) electrons. The van der Waals surface area contributed by atoms with Crippen molar-refractivity contribution < 1.29 is 19.4 Å². The van der Waals surface area contributed by atoms with E-state index in [4.69, 9.17) is 9.84 Å². The van der Waals surface area contributed by atoms with E-state index >= 15 is 0 Å². The highest BCUT2D eigenvalue weighted by Crippen LogP contribution is 2.32. The minimum atomic E-state index is -0.794. The van der Waals surface area contributed by atoms with Crippen molar-refractivity contribution in [2.24, 2.45) is 11.8 Å². The molecule has 2 rings (SSSR count). The Morgan fingerprint density at radius 2 is 1.95 bits per heavy atom. The number of carbonyl (C=O) groups excluding carboxylic acids is 1. The lowest BCUT2D eigenvalue weighted by Gasteiger charge is -2.22. The van der Waals surface area contributed by atoms with Gasteiger partial charge in [0, 0.05) is 25.1 Å². The third-order valence-electron chi connectivity index (χ3n) is 4.11. The highest BCUT2D eigenvalue weighted by atomic mass is 16.5. The summed E-state index contributed by atoms with van der Waals surface area (Å²) in [5.74, 6) is -0.571. The Bertz CT molecular complexity index is 529. The molecular weight excluding hydrogens is 270 g/mol. The zero-order valence-electron chi connectivity index (χ0n) is 12.4. The summed E-state index contributed by atoms with van der Waals surface area (Å²) in [7, 11) is 3.36. The number of hydrogen-bond acceptors (Lipinski definition) is 3. The molecule has 5 nitrogen and oxygen atoms in total. The number of rotatable bonds is 5. The number of benzene rings is 1. The average molecular weight is 291 g/mol. The lowest BCUT2D eigenvalue weighted by molar-refractivity contribution is -0.141. The van der Waals surface area contributed by atoms with E-state index in [-0.39, 0.29) is 17.7 Å². The first kappa shape index (κ1) is 15.4. The van der Waals surface area contributed by atoms with Gasteiger partial charge in [-0.3, -0.25) is 9.59 Å². The third-order valence-corrected chi connectivity index (χ3v) is 4.11. The Kier molecular flexibility index (Phi) is 4.83. The Hall–Kier alpha value is -2.04. The number of hydrogen-bond donors (Lipinski definition) is 1. The van der Waals surface area contributed by atoms with Crippen LogP contribution in [0, 0.1) is 11.8 Å². The molecule has 1 aliphatic rings. The Labute approximate surface area is 124 Å². The van der Waals surface area contributed by atoms with E-state index in [2.05, 4.69) is 0 Å². The van der Waals surface area contributed by atoms with Crippen LogP contribution in [0.5, 0.6) is 5.75 Å². The number of para-hydroxylation sites is 1. The van der Waals surface area contributed by atoms with E-state index in [0.29, 0.717) is 25.8 Å². The predicted molar refractivity (Wildman–Crippen MR) is 77.9 cm³/mol. The molecule has 0 bridgehead atoms. The molecule has 21 heavy (non-hydrogen) atoms. The highest BCUT2D eigenvalue weighted by molar-refractivity contribution is 5.80. The second-order valence-electron chi connectivity index (χ2n) is 5.55. The van der Waals surface area contributed by atoms with Gasteiger partial charge in [-0.25, -0.2) is 0 Å². The van der Waals surface area contributed by atoms with Crippen LogP contribution in [-0.4, -0.2) is 36.0 Å². The highest BCUT2D eigenvalue weighted by Gasteiger charge is 2.35. The SMILES string of the molecule is COc1ccccc1CN(C)C(=O)[C@@H]1CC[C@H](C(=O)O)C1. The molecule has 5 heteroatoms. The fourth-order valence-corrected chi connectivity index (χ4v) is 2.91. The molecule has 1 aliphatic carbocycles. The van der Waals surface area contributed by atoms with Crippen LogP contribution < -0.4 is 4.74 Å². The van der Waals surface area contributed by atoms with Gasteiger partial charge in [-0.15, -0.1) is 0 Å². The van der Waals surface area contributed by atoms with Gasteiger partial charge in [0.25, 0.3) is 0 Å². The minimum absolute atomic E-state index is 0.0182. The maximum Gasteiger partial charge on any atom is 0.306 e. The first-order valence-electron chi connectivity index (χ1n) is 7.12. The van der Waals surface area contributed by atoms with Crippen LogP contribution in [0.2, 0.25) is 0 Å². The van der Waals surface area contributed by atoms with Gasteiger partial charge >= 0.3 is 5.97 Å². The molecule has 0 aromatic heterocycles. The van der Waals surface area contributed by atoms with E-state index in [9.17, 15) is 9.59 Å². The third kappa shape index (κ3) is 3.54. The number of carbonyl (C=O) groups is 2. The van der Waals surface area contributed by atoms with E-state index in [0.717, 1.165) is 11.3 Å². The molecule has 0 unspecified atom stereocenters. The molecule has 1 fully saturated rings. The fraction of sp³-hybridized carbons (Fsp3) is 0.500. The summed E-state index contributed by atoms with van der Waals surface area (Å²) in [5, 5.41) is 9.01. The van der Waals surface area contributed by atoms with Crippen LogP contribution >= 0.6 is 0 Å². The summed E-state index contributed by atoms with van der Waals surface area (Å²) in [4.78, 5) is 25.0. The predicted octanol–water partition coefficient (Wildman–Crippen LogP) is 2.15. The van der Waals surface area contributed by atoms with E-state index in [1.165, 1.54) is 0 Å². The zero-order chi connectivity index (χ0) is 15.4. The standard InChI is InChI=1S/C16H21NO4/c1-17(10-13-5-3-4-6-14(13)21-2)15(18)11-7-8-12(9-11)16(19)20/h3-6,11-12H,7-10H2,1-2H3,(H,19,20)/t11-,12+/m1/s1. The van der Waals surface area contributed by atoms with Crippen LogP contribution in [0.25, 0.3) is 0 Å². The monoisotopic (exact) mass is 291 g/mol. The van der Waals surface area contributed by atoms with Crippen molar-refractivity contribution in [3.8, 4) is 5.75 Å². The molecule has 0 spiro atoms. The first-order valence-corrected chi connectivity index (χ1v) is 7.12. The van der Waals surface area contributed by atoms with Crippen molar-refractivity contribution in [3.63, 3.8) is 0 Å². The van der Waals surface area contributed by atoms with Gasteiger partial charge in [0.15, 0.2) is 0 Å². The van der Waals surface area contributed by atoms with Crippen molar-refractivity contribution in [2.75, 3.05) is 14.2 Å². The Morgan fingerprint density at radius 1 is 1.29 bits per heavy atom. The van der Waals surface area contributed by atoms with Crippen LogP contribution in [0.4, 0.5) is 0 Å². The van der Waals surface area contributed by atoms with Crippen LogP contribution in [-0.2, 0) is 16.1 Å². The van der Waals surface area contributed by atoms with Crippen molar-refractivity contribution in [3.05, 3.63) is 29.8 Å². The Balaban J connectivity index is 1.99. The molecule has 1 amide bonds. The van der Waals surface area contributed by atoms with E-state index in [1.54, 1.807) is 19.1 Å². The van der Waals surface area contributed by atoms with Gasteiger partial charge in [0.2, 0.25) is 5.91 Å². The normalized spacial score (nSPS) is 21.0. The number of methoxy groups -OCH3 is 1. The Morgan fingerprint density at radius 3 is 2.57 bits per heavy atom. The van der Waals surface area contributed by atoms with Gasteiger partial charge in [-0.05, 0) is 25.3 Å². The van der Waals surface area contributed by atoms with Crippen molar-refractivity contribution in [2.45, 2.75) is 25.8 Å². The summed E-state index contributed by atoms with van der Waals surface area (Å²) in [6.07, 6.45) is 1.70. The lowest BCUT2D eigenvalue weighted by Crippen LogP contribution is -2.31. The van der Waals surface area contributed by atoms with E-state index in [1.807, 2.05) is 24.3 Å². The summed E-state index contributed by atoms with van der Waals surface area (Å²) in [5.41, 5.74) is 0.948. The second kappa shape index (κ2) is 6.61. The number of carboxylic acids is 1. The largest absolute Gasteiger partial charge is 0.496 e.